The predicted octanol–water partition coefficient (Wildman–Crippen LogP) is 2.38. The number of aryl methyl sites for hydroxylation is 1. The molecule has 5 heteroatoms. The van der Waals surface area contributed by atoms with Crippen molar-refractivity contribution in [2.45, 2.75) is 19.9 Å². The molecule has 0 bridgehead atoms. The van der Waals surface area contributed by atoms with Gasteiger partial charge in [0, 0.05) is 25.7 Å². The highest BCUT2D eigenvalue weighted by Gasteiger charge is 2.34. The normalized spacial score (nSPS) is 17.3. The van der Waals surface area contributed by atoms with Crippen molar-refractivity contribution in [3.05, 3.63) is 59.8 Å². The summed E-state index contributed by atoms with van der Waals surface area (Å²) >= 11 is 0. The summed E-state index contributed by atoms with van der Waals surface area (Å²) < 4.78 is 0. The van der Waals surface area contributed by atoms with E-state index >= 15 is 0 Å². The molecule has 0 saturated carbocycles. The van der Waals surface area contributed by atoms with E-state index in [1.807, 2.05) is 49.4 Å². The molecule has 0 spiro atoms. The number of amides is 2. The standard InChI is InChI=1S/C18H19N3O2/c1-13-7-8-19-16(9-13)20-18(23)15-10-17(22)21(12-15)11-14-5-3-2-4-6-14/h2-9,15H,10-12H2,1H3,(H,19,20,23)/t15-/m0/s1. The van der Waals surface area contributed by atoms with Crippen molar-refractivity contribution in [2.24, 2.45) is 5.92 Å². The summed E-state index contributed by atoms with van der Waals surface area (Å²) in [5.74, 6) is 0.0794. The summed E-state index contributed by atoms with van der Waals surface area (Å²) in [6.07, 6.45) is 1.91. The lowest BCUT2D eigenvalue weighted by Gasteiger charge is -2.16. The maximum atomic E-state index is 12.3. The van der Waals surface area contributed by atoms with Crippen LogP contribution in [0.5, 0.6) is 0 Å². The number of carbonyl (C=O) groups is 2. The Morgan fingerprint density at radius 2 is 2.09 bits per heavy atom. The van der Waals surface area contributed by atoms with E-state index in [1.165, 1.54) is 0 Å². The summed E-state index contributed by atoms with van der Waals surface area (Å²) in [6, 6.07) is 13.5. The monoisotopic (exact) mass is 309 g/mol. The smallest absolute Gasteiger partial charge is 0.230 e. The lowest BCUT2D eigenvalue weighted by Crippen LogP contribution is -2.28. The van der Waals surface area contributed by atoms with Crippen molar-refractivity contribution in [3.8, 4) is 0 Å². The molecule has 3 rings (SSSR count). The molecule has 0 unspecified atom stereocenters. The molecule has 2 heterocycles. The van der Waals surface area contributed by atoms with Gasteiger partial charge in [-0.1, -0.05) is 30.3 Å². The molecule has 1 aliphatic heterocycles. The fraction of sp³-hybridized carbons (Fsp3) is 0.278. The van der Waals surface area contributed by atoms with Crippen LogP contribution in [0.1, 0.15) is 17.5 Å². The van der Waals surface area contributed by atoms with Crippen LogP contribution < -0.4 is 5.32 Å². The Labute approximate surface area is 135 Å². The first kappa shape index (κ1) is 15.2. The van der Waals surface area contributed by atoms with E-state index in [1.54, 1.807) is 11.1 Å². The summed E-state index contributed by atoms with van der Waals surface area (Å²) in [7, 11) is 0. The van der Waals surface area contributed by atoms with Gasteiger partial charge >= 0.3 is 0 Å². The number of carbonyl (C=O) groups excluding carboxylic acids is 2. The minimum absolute atomic E-state index is 0.0196. The molecule has 118 valence electrons. The minimum atomic E-state index is -0.325. The largest absolute Gasteiger partial charge is 0.338 e. The van der Waals surface area contributed by atoms with Gasteiger partial charge in [-0.2, -0.15) is 0 Å². The van der Waals surface area contributed by atoms with Gasteiger partial charge in [0.2, 0.25) is 11.8 Å². The molecule has 23 heavy (non-hydrogen) atoms. The van der Waals surface area contributed by atoms with Gasteiger partial charge in [-0.25, -0.2) is 4.98 Å². The van der Waals surface area contributed by atoms with Crippen LogP contribution in [0.25, 0.3) is 0 Å². The number of nitrogens with one attached hydrogen (secondary N) is 1. The van der Waals surface area contributed by atoms with Gasteiger partial charge in [-0.05, 0) is 30.2 Å². The van der Waals surface area contributed by atoms with Gasteiger partial charge in [0.25, 0.3) is 0 Å². The topological polar surface area (TPSA) is 62.3 Å². The van der Waals surface area contributed by atoms with Crippen LogP contribution in [-0.4, -0.2) is 28.2 Å². The molecule has 0 radical (unpaired) electrons. The number of aromatic nitrogens is 1. The minimum Gasteiger partial charge on any atom is -0.338 e. The zero-order valence-electron chi connectivity index (χ0n) is 13.0. The fourth-order valence-electron chi connectivity index (χ4n) is 2.74. The number of likely N-dealkylation sites (tertiary alicyclic amines) is 1. The average Bonchev–Trinajstić information content (AvgIpc) is 2.89. The Morgan fingerprint density at radius 1 is 1.30 bits per heavy atom. The van der Waals surface area contributed by atoms with E-state index in [0.717, 1.165) is 11.1 Å². The lowest BCUT2D eigenvalue weighted by molar-refractivity contribution is -0.128. The van der Waals surface area contributed by atoms with Crippen LogP contribution in [0.2, 0.25) is 0 Å². The van der Waals surface area contributed by atoms with Gasteiger partial charge in [-0.15, -0.1) is 0 Å². The number of benzene rings is 1. The molecule has 1 aromatic carbocycles. The highest BCUT2D eigenvalue weighted by Crippen LogP contribution is 2.21. The summed E-state index contributed by atoms with van der Waals surface area (Å²) in [5, 5.41) is 2.80. The van der Waals surface area contributed by atoms with Crippen LogP contribution in [0.3, 0.4) is 0 Å². The Balaban J connectivity index is 1.61. The van der Waals surface area contributed by atoms with Crippen LogP contribution in [-0.2, 0) is 16.1 Å². The second-order valence-electron chi connectivity index (χ2n) is 5.87. The van der Waals surface area contributed by atoms with E-state index in [0.29, 0.717) is 18.9 Å². The van der Waals surface area contributed by atoms with Crippen LogP contribution >= 0.6 is 0 Å². The van der Waals surface area contributed by atoms with Gasteiger partial charge in [-0.3, -0.25) is 9.59 Å². The quantitative estimate of drug-likeness (QED) is 0.943. The van der Waals surface area contributed by atoms with Crippen molar-refractivity contribution in [1.29, 1.82) is 0 Å². The molecule has 1 aromatic heterocycles. The van der Waals surface area contributed by atoms with E-state index in [2.05, 4.69) is 10.3 Å². The second kappa shape index (κ2) is 6.60. The number of pyridine rings is 1. The zero-order chi connectivity index (χ0) is 16.2. The molecule has 1 saturated heterocycles. The maximum Gasteiger partial charge on any atom is 0.230 e. The predicted molar refractivity (Wildman–Crippen MR) is 87.6 cm³/mol. The van der Waals surface area contributed by atoms with Gasteiger partial charge < -0.3 is 10.2 Å². The first-order valence-electron chi connectivity index (χ1n) is 7.67. The van der Waals surface area contributed by atoms with Crippen molar-refractivity contribution < 1.29 is 9.59 Å². The fourth-order valence-corrected chi connectivity index (χ4v) is 2.74. The summed E-state index contributed by atoms with van der Waals surface area (Å²) in [6.45, 7) is 2.94. The molecule has 1 fully saturated rings. The van der Waals surface area contributed by atoms with Crippen molar-refractivity contribution in [2.75, 3.05) is 11.9 Å². The number of hydrogen-bond acceptors (Lipinski definition) is 3. The molecular formula is C18H19N3O2. The summed E-state index contributed by atoms with van der Waals surface area (Å²) in [4.78, 5) is 30.3. The number of hydrogen-bond donors (Lipinski definition) is 1. The molecule has 2 aromatic rings. The molecule has 1 atom stereocenters. The van der Waals surface area contributed by atoms with Crippen LogP contribution in [0.15, 0.2) is 48.7 Å². The third-order valence-corrected chi connectivity index (χ3v) is 3.97. The number of nitrogens with zero attached hydrogens (tertiary/aromatic N) is 2. The molecule has 0 aliphatic carbocycles. The molecule has 1 aliphatic rings. The third kappa shape index (κ3) is 3.74. The van der Waals surface area contributed by atoms with Gasteiger partial charge in [0.1, 0.15) is 5.82 Å². The first-order valence-corrected chi connectivity index (χ1v) is 7.67. The number of anilines is 1. The van der Waals surface area contributed by atoms with Crippen LogP contribution in [0.4, 0.5) is 5.82 Å². The third-order valence-electron chi connectivity index (χ3n) is 3.97. The SMILES string of the molecule is Cc1ccnc(NC(=O)[C@H]2CC(=O)N(Cc3ccccc3)C2)c1. The van der Waals surface area contributed by atoms with E-state index < -0.39 is 0 Å². The Bertz CT molecular complexity index is 715. The highest BCUT2D eigenvalue weighted by molar-refractivity contribution is 5.96. The van der Waals surface area contributed by atoms with Crippen LogP contribution in [0, 0.1) is 12.8 Å². The molecular weight excluding hydrogens is 290 g/mol. The lowest BCUT2D eigenvalue weighted by atomic mass is 10.1. The van der Waals surface area contributed by atoms with Gasteiger partial charge in [0.15, 0.2) is 0 Å². The molecule has 1 N–H and O–H groups in total. The second-order valence-corrected chi connectivity index (χ2v) is 5.87. The van der Waals surface area contributed by atoms with Gasteiger partial charge in [0.05, 0.1) is 5.92 Å². The van der Waals surface area contributed by atoms with E-state index in [-0.39, 0.29) is 24.2 Å². The average molecular weight is 309 g/mol. The Kier molecular flexibility index (Phi) is 4.37. The van der Waals surface area contributed by atoms with E-state index in [4.69, 9.17) is 0 Å². The molecule has 5 nitrogen and oxygen atoms in total. The molecule has 2 amide bonds. The maximum absolute atomic E-state index is 12.3. The Hall–Kier alpha value is -2.69. The Morgan fingerprint density at radius 3 is 2.83 bits per heavy atom. The summed E-state index contributed by atoms with van der Waals surface area (Å²) in [5.41, 5.74) is 2.10. The first-order chi connectivity index (χ1) is 11.1. The van der Waals surface area contributed by atoms with E-state index in [9.17, 15) is 9.59 Å². The zero-order valence-corrected chi connectivity index (χ0v) is 13.0. The van der Waals surface area contributed by atoms with Crippen molar-refractivity contribution >= 4 is 17.6 Å². The van der Waals surface area contributed by atoms with Crippen molar-refractivity contribution in [3.63, 3.8) is 0 Å². The highest BCUT2D eigenvalue weighted by atomic mass is 16.2. The van der Waals surface area contributed by atoms with Crippen molar-refractivity contribution in [1.82, 2.24) is 9.88 Å². The number of rotatable bonds is 4.